The molecule has 0 aliphatic rings. The molecule has 0 bridgehead atoms. The second kappa shape index (κ2) is 6.86. The molecule has 0 fully saturated rings. The van der Waals surface area contributed by atoms with Crippen molar-refractivity contribution < 1.29 is 9.42 Å². The molecule has 0 N–H and O–H groups in total. The van der Waals surface area contributed by atoms with Crippen molar-refractivity contribution in [3.05, 3.63) is 42.5 Å². The molecule has 0 heterocycles. The molecule has 1 aromatic rings. The Balaban J connectivity index is 0.00000225. The second-order valence-corrected chi connectivity index (χ2v) is 7.37. The first kappa shape index (κ1) is 16.3. The van der Waals surface area contributed by atoms with Crippen LogP contribution in [0.25, 0.3) is 12.2 Å². The number of rotatable bonds is 4. The van der Waals surface area contributed by atoms with Gasteiger partial charge >= 0.3 is 23.9 Å². The van der Waals surface area contributed by atoms with E-state index in [0.29, 0.717) is 16.9 Å². The van der Waals surface area contributed by atoms with Crippen molar-refractivity contribution >= 4 is 65.8 Å². The third-order valence-corrected chi connectivity index (χ3v) is 2.57. The molecule has 0 aliphatic heterocycles. The molecule has 1 aromatic carbocycles. The van der Waals surface area contributed by atoms with Gasteiger partial charge in [0, 0.05) is 11.1 Å². The van der Waals surface area contributed by atoms with Gasteiger partial charge in [-0.15, -0.1) is 0 Å². The summed E-state index contributed by atoms with van der Waals surface area (Å²) >= 11 is 9.12. The Bertz CT molecular complexity index is 416. The number of hydrogen-bond acceptors (Lipinski definition) is 4. The van der Waals surface area contributed by atoms with Crippen LogP contribution in [0.2, 0.25) is 0 Å². The predicted octanol–water partition coefficient (Wildman–Crippen LogP) is 2.10. The molecule has 2 nitrogen and oxygen atoms in total. The van der Waals surface area contributed by atoms with E-state index in [9.17, 15) is 4.89 Å². The molecule has 0 aliphatic carbocycles. The van der Waals surface area contributed by atoms with Gasteiger partial charge in [0.05, 0.1) is 0 Å². The zero-order valence-corrected chi connectivity index (χ0v) is 13.8. The van der Waals surface area contributed by atoms with Crippen molar-refractivity contribution in [1.29, 1.82) is 0 Å². The van der Waals surface area contributed by atoms with Crippen molar-refractivity contribution in [3.63, 3.8) is 0 Å². The molecular weight excluding hydrogens is 366 g/mol. The largest absolute Gasteiger partial charge is 4.00 e. The minimum absolute atomic E-state index is 0. The topological polar surface area (TPSA) is 32.3 Å². The van der Waals surface area contributed by atoms with Gasteiger partial charge in [-0.2, -0.15) is 0 Å². The van der Waals surface area contributed by atoms with E-state index in [1.54, 1.807) is 24.3 Å². The van der Waals surface area contributed by atoms with E-state index in [4.69, 9.17) is 4.52 Å². The van der Waals surface area contributed by atoms with E-state index < -0.39 is 5.69 Å². The first-order valence-electron chi connectivity index (χ1n) is 4.07. The summed E-state index contributed by atoms with van der Waals surface area (Å²) in [5.74, 6) is 0.385. The third-order valence-electron chi connectivity index (χ3n) is 1.72. The maximum Gasteiger partial charge on any atom is 4.00 e. The summed E-state index contributed by atoms with van der Waals surface area (Å²) in [6.07, 6.45) is 3.17. The first-order valence-corrected chi connectivity index (χ1v) is 7.72. The quantitative estimate of drug-likeness (QED) is 0.459. The number of para-hydroxylation sites is 1. The summed E-state index contributed by atoms with van der Waals surface area (Å²) in [7, 11) is 0. The maximum absolute atomic E-state index is 11.3. The molecule has 0 amide bonds. The zero-order chi connectivity index (χ0) is 11.5. The molecule has 1 rings (SSSR count). The van der Waals surface area contributed by atoms with E-state index in [1.165, 1.54) is 0 Å². The summed E-state index contributed by atoms with van der Waals surface area (Å²) in [5.41, 5.74) is -2.00. The maximum atomic E-state index is 11.3. The van der Waals surface area contributed by atoms with E-state index in [-0.39, 0.29) is 23.9 Å². The smallest absolute Gasteiger partial charge is 0.809 e. The van der Waals surface area contributed by atoms with Gasteiger partial charge in [-0.3, -0.25) is 0 Å². The fourth-order valence-electron chi connectivity index (χ4n) is 1.11. The van der Waals surface area contributed by atoms with Crippen LogP contribution in [0.3, 0.4) is 0 Å². The molecule has 0 radical (unpaired) electrons. The Morgan fingerprint density at radius 1 is 1.31 bits per heavy atom. The van der Waals surface area contributed by atoms with Crippen molar-refractivity contribution in [1.82, 2.24) is 0 Å². The summed E-state index contributed by atoms with van der Waals surface area (Å²) < 4.78 is 5.09. The Hall–Kier alpha value is 0.259. The zero-order valence-electron chi connectivity index (χ0n) is 8.38. The summed E-state index contributed by atoms with van der Waals surface area (Å²) in [6, 6.07) is 5.36. The van der Waals surface area contributed by atoms with Crippen LogP contribution in [-0.2, 0) is 24.1 Å². The Morgan fingerprint density at radius 2 is 1.75 bits per heavy atom. The minimum Gasteiger partial charge on any atom is -0.809 e. The number of hydrogen-bond donors (Lipinski definition) is 0. The van der Waals surface area contributed by atoms with Gasteiger partial charge < -0.3 is 21.7 Å². The van der Waals surface area contributed by atoms with Gasteiger partial charge in [-0.25, -0.2) is 0 Å². The molecule has 1 unspecified atom stereocenters. The van der Waals surface area contributed by atoms with Crippen molar-refractivity contribution in [3.8, 4) is 5.75 Å². The SMILES string of the molecule is C=Cc1cccc(C=C)c1OP([O-])(=S)[S-].[Sn+4]. The number of benzene rings is 1. The van der Waals surface area contributed by atoms with Crippen LogP contribution in [-0.4, -0.2) is 23.9 Å². The van der Waals surface area contributed by atoms with E-state index >= 15 is 0 Å². The minimum atomic E-state index is -3.40. The average molecular weight is 375 g/mol. The van der Waals surface area contributed by atoms with Gasteiger partial charge in [0.25, 0.3) is 0 Å². The van der Waals surface area contributed by atoms with Crippen LogP contribution in [0.1, 0.15) is 11.1 Å². The van der Waals surface area contributed by atoms with Gasteiger partial charge in [-0.05, 0) is 0 Å². The van der Waals surface area contributed by atoms with Crippen molar-refractivity contribution in [2.75, 3.05) is 0 Å². The molecule has 80 valence electrons. The van der Waals surface area contributed by atoms with Crippen LogP contribution < -0.4 is 9.42 Å². The molecule has 0 saturated heterocycles. The molecule has 0 saturated carbocycles. The first-order chi connectivity index (χ1) is 6.98. The molecule has 16 heavy (non-hydrogen) atoms. The fraction of sp³-hybridized carbons (Fsp3) is 0. The van der Waals surface area contributed by atoms with Gasteiger partial charge in [0.15, 0.2) is 0 Å². The summed E-state index contributed by atoms with van der Waals surface area (Å²) in [4.78, 5) is 11.3. The predicted molar refractivity (Wildman–Crippen MR) is 74.7 cm³/mol. The van der Waals surface area contributed by atoms with Crippen LogP contribution in [0.15, 0.2) is 31.4 Å². The summed E-state index contributed by atoms with van der Waals surface area (Å²) in [6.45, 7) is 7.25. The fourth-order valence-corrected chi connectivity index (χ4v) is 1.99. The van der Waals surface area contributed by atoms with E-state index in [2.05, 4.69) is 37.2 Å². The normalized spacial score (nSPS) is 13.1. The molecular formula is C10H9O2PS2Sn+2. The van der Waals surface area contributed by atoms with Crippen LogP contribution in [0.5, 0.6) is 5.75 Å². The van der Waals surface area contributed by atoms with Crippen molar-refractivity contribution in [2.45, 2.75) is 0 Å². The Morgan fingerprint density at radius 3 is 2.06 bits per heavy atom. The molecule has 0 aromatic heterocycles. The van der Waals surface area contributed by atoms with Crippen LogP contribution in [0.4, 0.5) is 0 Å². The van der Waals surface area contributed by atoms with Crippen LogP contribution in [0, 0.1) is 0 Å². The monoisotopic (exact) mass is 376 g/mol. The van der Waals surface area contributed by atoms with Crippen molar-refractivity contribution in [2.24, 2.45) is 0 Å². The van der Waals surface area contributed by atoms with Gasteiger partial charge in [0.2, 0.25) is 0 Å². The second-order valence-electron chi connectivity index (χ2n) is 2.71. The van der Waals surface area contributed by atoms with E-state index in [1.807, 2.05) is 6.07 Å². The Labute approximate surface area is 123 Å². The average Bonchev–Trinajstić information content (AvgIpc) is 2.16. The molecule has 0 spiro atoms. The third kappa shape index (κ3) is 4.63. The molecule has 6 heteroatoms. The van der Waals surface area contributed by atoms with E-state index in [0.717, 1.165) is 0 Å². The standard InChI is InChI=1S/C10H11O2PS2.Sn/c1-3-8-6-5-7-9(4-2)10(8)12-13(11,14)15;/h3-7H,1-2H2,(H2,11,14,15);/q;+4/p-2. The Kier molecular flexibility index (Phi) is 6.98. The van der Waals surface area contributed by atoms with Crippen LogP contribution >= 0.6 is 5.69 Å². The molecule has 1 atom stereocenters. The van der Waals surface area contributed by atoms with Gasteiger partial charge in [0.1, 0.15) is 5.75 Å². The van der Waals surface area contributed by atoms with Gasteiger partial charge in [-0.1, -0.05) is 61.0 Å². The summed E-state index contributed by atoms with van der Waals surface area (Å²) in [5, 5.41) is 0.